The Morgan fingerprint density at radius 2 is 1.65 bits per heavy atom. The maximum atomic E-state index is 12.1. The van der Waals surface area contributed by atoms with Crippen molar-refractivity contribution in [3.8, 4) is 0 Å². The first-order valence-electron chi connectivity index (χ1n) is 6.68. The van der Waals surface area contributed by atoms with Crippen LogP contribution in [-0.2, 0) is 0 Å². The van der Waals surface area contributed by atoms with Crippen LogP contribution in [0, 0.1) is 0 Å². The predicted molar refractivity (Wildman–Crippen MR) is 89.7 cm³/mol. The molecule has 116 valence electrons. The van der Waals surface area contributed by atoms with E-state index in [2.05, 4.69) is 15.8 Å². The van der Waals surface area contributed by atoms with E-state index in [1.807, 2.05) is 0 Å². The van der Waals surface area contributed by atoms with Crippen LogP contribution in [0.1, 0.15) is 20.8 Å². The molecule has 2 amide bonds. The molecule has 0 aliphatic rings. The summed E-state index contributed by atoms with van der Waals surface area (Å²) in [5, 5.41) is 1.69. The molecule has 3 rings (SSSR count). The molecule has 0 bridgehead atoms. The molecule has 0 saturated carbocycles. The molecular weight excluding hydrogens is 337 g/mol. The van der Waals surface area contributed by atoms with Gasteiger partial charge in [0.2, 0.25) is 0 Å². The molecule has 1 heterocycles. The van der Waals surface area contributed by atoms with Gasteiger partial charge in [-0.05, 0) is 36.4 Å². The van der Waals surface area contributed by atoms with Crippen molar-refractivity contribution in [1.29, 1.82) is 0 Å². The Morgan fingerprint density at radius 3 is 2.43 bits per heavy atom. The Morgan fingerprint density at radius 1 is 0.913 bits per heavy atom. The van der Waals surface area contributed by atoms with Crippen molar-refractivity contribution in [3.63, 3.8) is 0 Å². The van der Waals surface area contributed by atoms with Crippen LogP contribution in [0.3, 0.4) is 0 Å². The van der Waals surface area contributed by atoms with Gasteiger partial charge < -0.3 is 4.98 Å². The highest BCUT2D eigenvalue weighted by atomic mass is 35.5. The Hall–Kier alpha value is -2.50. The quantitative estimate of drug-likeness (QED) is 0.620. The third-order valence-corrected chi connectivity index (χ3v) is 3.80. The minimum Gasteiger partial charge on any atom is -0.350 e. The number of H-pyrrole nitrogens is 1. The summed E-state index contributed by atoms with van der Waals surface area (Å²) < 4.78 is 0. The molecule has 2 aromatic carbocycles. The fourth-order valence-corrected chi connectivity index (χ4v) is 2.52. The lowest BCUT2D eigenvalue weighted by atomic mass is 10.2. The van der Waals surface area contributed by atoms with Crippen molar-refractivity contribution in [2.75, 3.05) is 0 Å². The molecular formula is C16H11Cl2N3O2. The maximum absolute atomic E-state index is 12.1. The standard InChI is InChI=1S/C16H11Cl2N3O2/c17-10-5-6-13-9(7-10)8-14(19-13)16(23)21-20-15(22)11-3-1-2-4-12(11)18/h1-8,19H,(H,20,22)(H,21,23). The lowest BCUT2D eigenvalue weighted by molar-refractivity contribution is 0.0844. The molecule has 0 saturated heterocycles. The van der Waals surface area contributed by atoms with Crippen molar-refractivity contribution in [3.05, 3.63) is 69.8 Å². The van der Waals surface area contributed by atoms with E-state index in [1.54, 1.807) is 48.5 Å². The molecule has 0 radical (unpaired) electrons. The topological polar surface area (TPSA) is 74.0 Å². The highest BCUT2D eigenvalue weighted by Gasteiger charge is 2.13. The van der Waals surface area contributed by atoms with Gasteiger partial charge in [0.15, 0.2) is 0 Å². The van der Waals surface area contributed by atoms with Gasteiger partial charge in [-0.25, -0.2) is 0 Å². The SMILES string of the molecule is O=C(NNC(=O)c1ccccc1Cl)c1cc2cc(Cl)ccc2[nH]1. The first-order valence-corrected chi connectivity index (χ1v) is 7.43. The van der Waals surface area contributed by atoms with Gasteiger partial charge >= 0.3 is 0 Å². The molecule has 0 unspecified atom stereocenters. The van der Waals surface area contributed by atoms with Gasteiger partial charge in [-0.15, -0.1) is 0 Å². The van der Waals surface area contributed by atoms with Crippen LogP contribution in [0.5, 0.6) is 0 Å². The summed E-state index contributed by atoms with van der Waals surface area (Å²) in [5.74, 6) is -0.971. The number of nitrogens with one attached hydrogen (secondary N) is 3. The number of rotatable bonds is 2. The Labute approximate surface area is 141 Å². The zero-order valence-corrected chi connectivity index (χ0v) is 13.2. The number of halogens is 2. The van der Waals surface area contributed by atoms with Gasteiger partial charge in [-0.3, -0.25) is 20.4 Å². The van der Waals surface area contributed by atoms with E-state index in [4.69, 9.17) is 23.2 Å². The number of carbonyl (C=O) groups excluding carboxylic acids is 2. The number of hydrazine groups is 1. The highest BCUT2D eigenvalue weighted by Crippen LogP contribution is 2.20. The number of hydrogen-bond acceptors (Lipinski definition) is 2. The number of hydrogen-bond donors (Lipinski definition) is 3. The van der Waals surface area contributed by atoms with E-state index in [0.717, 1.165) is 10.9 Å². The fourth-order valence-electron chi connectivity index (χ4n) is 2.12. The molecule has 0 spiro atoms. The molecule has 0 atom stereocenters. The lowest BCUT2D eigenvalue weighted by Gasteiger charge is -2.07. The second kappa shape index (κ2) is 6.32. The summed E-state index contributed by atoms with van der Waals surface area (Å²) in [6, 6.07) is 13.5. The molecule has 7 heteroatoms. The van der Waals surface area contributed by atoms with Crippen LogP contribution in [0.25, 0.3) is 10.9 Å². The molecule has 23 heavy (non-hydrogen) atoms. The normalized spacial score (nSPS) is 10.5. The minimum absolute atomic E-state index is 0.276. The number of fused-ring (bicyclic) bond motifs is 1. The van der Waals surface area contributed by atoms with E-state index in [9.17, 15) is 9.59 Å². The largest absolute Gasteiger partial charge is 0.350 e. The molecule has 0 aliphatic heterocycles. The number of amides is 2. The lowest BCUT2D eigenvalue weighted by Crippen LogP contribution is -2.41. The summed E-state index contributed by atoms with van der Waals surface area (Å²) in [5.41, 5.74) is 6.02. The third kappa shape index (κ3) is 3.31. The number of benzene rings is 2. The Kier molecular flexibility index (Phi) is 4.23. The number of aromatic amines is 1. The van der Waals surface area contributed by atoms with Gasteiger partial charge in [-0.1, -0.05) is 35.3 Å². The van der Waals surface area contributed by atoms with Crippen molar-refractivity contribution < 1.29 is 9.59 Å². The summed E-state index contributed by atoms with van der Waals surface area (Å²) in [6.45, 7) is 0. The third-order valence-electron chi connectivity index (χ3n) is 3.24. The van der Waals surface area contributed by atoms with Crippen molar-refractivity contribution in [1.82, 2.24) is 15.8 Å². The predicted octanol–water partition coefficient (Wildman–Crippen LogP) is 3.55. The van der Waals surface area contributed by atoms with Crippen LogP contribution in [0.15, 0.2) is 48.5 Å². The van der Waals surface area contributed by atoms with E-state index in [-0.39, 0.29) is 5.56 Å². The highest BCUT2D eigenvalue weighted by molar-refractivity contribution is 6.33. The fraction of sp³-hybridized carbons (Fsp3) is 0. The zero-order valence-electron chi connectivity index (χ0n) is 11.7. The molecule has 5 nitrogen and oxygen atoms in total. The van der Waals surface area contributed by atoms with Crippen molar-refractivity contribution in [2.45, 2.75) is 0 Å². The van der Waals surface area contributed by atoms with Gasteiger partial charge in [0.25, 0.3) is 11.8 Å². The molecule has 3 N–H and O–H groups in total. The maximum Gasteiger partial charge on any atom is 0.286 e. The van der Waals surface area contributed by atoms with Crippen LogP contribution in [0.2, 0.25) is 10.0 Å². The van der Waals surface area contributed by atoms with Crippen molar-refractivity contribution >= 4 is 45.9 Å². The second-order valence-corrected chi connectivity index (χ2v) is 5.65. The van der Waals surface area contributed by atoms with Crippen LogP contribution < -0.4 is 10.9 Å². The van der Waals surface area contributed by atoms with Crippen LogP contribution >= 0.6 is 23.2 Å². The summed E-state index contributed by atoms with van der Waals surface area (Å²) in [7, 11) is 0. The zero-order chi connectivity index (χ0) is 16.4. The molecule has 1 aromatic heterocycles. The average Bonchev–Trinajstić information content (AvgIpc) is 2.95. The van der Waals surface area contributed by atoms with Gasteiger partial charge in [0.1, 0.15) is 5.69 Å². The molecule has 3 aromatic rings. The Balaban J connectivity index is 1.71. The van der Waals surface area contributed by atoms with Gasteiger partial charge in [-0.2, -0.15) is 0 Å². The molecule has 0 aliphatic carbocycles. The van der Waals surface area contributed by atoms with Crippen molar-refractivity contribution in [2.24, 2.45) is 0 Å². The van der Waals surface area contributed by atoms with Crippen LogP contribution in [0.4, 0.5) is 0 Å². The monoisotopic (exact) mass is 347 g/mol. The Bertz CT molecular complexity index is 905. The minimum atomic E-state index is -0.497. The number of aromatic nitrogens is 1. The van der Waals surface area contributed by atoms with E-state index in [0.29, 0.717) is 15.7 Å². The summed E-state index contributed by atoms with van der Waals surface area (Å²) in [4.78, 5) is 27.0. The van der Waals surface area contributed by atoms with E-state index >= 15 is 0 Å². The summed E-state index contributed by atoms with van der Waals surface area (Å²) in [6.07, 6.45) is 0. The molecule has 0 fully saturated rings. The smallest absolute Gasteiger partial charge is 0.286 e. The van der Waals surface area contributed by atoms with E-state index in [1.165, 1.54) is 0 Å². The first kappa shape index (κ1) is 15.4. The van der Waals surface area contributed by atoms with E-state index < -0.39 is 11.8 Å². The first-order chi connectivity index (χ1) is 11.0. The van der Waals surface area contributed by atoms with Crippen LogP contribution in [-0.4, -0.2) is 16.8 Å². The van der Waals surface area contributed by atoms with Gasteiger partial charge in [0.05, 0.1) is 10.6 Å². The summed E-state index contributed by atoms with van der Waals surface area (Å²) >= 11 is 11.8. The van der Waals surface area contributed by atoms with Gasteiger partial charge in [0, 0.05) is 15.9 Å². The second-order valence-electron chi connectivity index (χ2n) is 4.80. The average molecular weight is 348 g/mol. The number of carbonyl (C=O) groups is 2.